The highest BCUT2D eigenvalue weighted by Gasteiger charge is 2.29. The molecular weight excluding hydrogens is 418 g/mol. The van der Waals surface area contributed by atoms with Gasteiger partial charge in [0.25, 0.3) is 0 Å². The number of nitrogens with zero attached hydrogens (tertiary/aromatic N) is 3. The van der Waals surface area contributed by atoms with E-state index < -0.39 is 0 Å². The highest BCUT2D eigenvalue weighted by molar-refractivity contribution is 5.58. The highest BCUT2D eigenvalue weighted by atomic mass is 16.3. The number of fused-ring (bicyclic) bond motifs is 1. The SMILES string of the molecule is CCCCCCCCc1cc(-n2nc3c(n2)CC=CC=C3)c(O)c(C(C)(C)c2ccccc2)c1. The van der Waals surface area contributed by atoms with E-state index in [2.05, 4.69) is 63.2 Å². The Morgan fingerprint density at radius 1 is 0.941 bits per heavy atom. The van der Waals surface area contributed by atoms with Crippen LogP contribution in [0.3, 0.4) is 0 Å². The van der Waals surface area contributed by atoms with Crippen molar-refractivity contribution in [3.05, 3.63) is 88.8 Å². The molecule has 1 aromatic heterocycles. The van der Waals surface area contributed by atoms with Gasteiger partial charge in [0.15, 0.2) is 0 Å². The van der Waals surface area contributed by atoms with E-state index in [0.717, 1.165) is 36.2 Å². The van der Waals surface area contributed by atoms with Crippen molar-refractivity contribution in [1.82, 2.24) is 15.0 Å². The Morgan fingerprint density at radius 2 is 1.71 bits per heavy atom. The molecular formula is C30H37N3O. The molecule has 178 valence electrons. The molecule has 1 heterocycles. The number of hydrogen-bond donors (Lipinski definition) is 1. The van der Waals surface area contributed by atoms with Crippen LogP contribution in [-0.4, -0.2) is 20.1 Å². The molecule has 3 aromatic rings. The number of phenols is 1. The maximum absolute atomic E-state index is 11.5. The summed E-state index contributed by atoms with van der Waals surface area (Å²) in [6.07, 6.45) is 17.4. The predicted octanol–water partition coefficient (Wildman–Crippen LogP) is 7.33. The molecule has 0 fully saturated rings. The molecule has 0 atom stereocenters. The van der Waals surface area contributed by atoms with Crippen LogP contribution < -0.4 is 0 Å². The molecule has 34 heavy (non-hydrogen) atoms. The van der Waals surface area contributed by atoms with E-state index in [-0.39, 0.29) is 11.2 Å². The van der Waals surface area contributed by atoms with Crippen LogP contribution in [0.25, 0.3) is 11.8 Å². The van der Waals surface area contributed by atoms with E-state index >= 15 is 0 Å². The fourth-order valence-corrected chi connectivity index (χ4v) is 4.71. The van der Waals surface area contributed by atoms with Crippen LogP contribution in [0.5, 0.6) is 5.75 Å². The van der Waals surface area contributed by atoms with E-state index in [0.29, 0.717) is 5.69 Å². The van der Waals surface area contributed by atoms with Crippen LogP contribution in [0.1, 0.15) is 87.4 Å². The summed E-state index contributed by atoms with van der Waals surface area (Å²) in [4.78, 5) is 1.62. The number of aromatic hydroxyl groups is 1. The van der Waals surface area contributed by atoms with Gasteiger partial charge in [-0.3, -0.25) is 0 Å². The molecule has 2 aromatic carbocycles. The Morgan fingerprint density at radius 3 is 2.50 bits per heavy atom. The van der Waals surface area contributed by atoms with Crippen molar-refractivity contribution in [2.75, 3.05) is 0 Å². The van der Waals surface area contributed by atoms with Gasteiger partial charge in [-0.15, -0.1) is 9.90 Å². The summed E-state index contributed by atoms with van der Waals surface area (Å²) in [5, 5.41) is 21.0. The fourth-order valence-electron chi connectivity index (χ4n) is 4.71. The average Bonchev–Trinajstić information content (AvgIpc) is 3.12. The molecule has 1 aliphatic rings. The van der Waals surface area contributed by atoms with Crippen molar-refractivity contribution >= 4 is 6.08 Å². The van der Waals surface area contributed by atoms with Crippen LogP contribution in [0.2, 0.25) is 0 Å². The molecule has 1 aliphatic carbocycles. The average molecular weight is 456 g/mol. The summed E-state index contributed by atoms with van der Waals surface area (Å²) in [6.45, 7) is 6.60. The fraction of sp³-hybridized carbons (Fsp3) is 0.400. The molecule has 4 nitrogen and oxygen atoms in total. The Bertz CT molecular complexity index is 1160. The molecule has 0 bridgehead atoms. The Hall–Kier alpha value is -3.14. The normalized spacial score (nSPS) is 13.1. The number of benzene rings is 2. The maximum atomic E-state index is 11.5. The number of unbranched alkanes of at least 4 members (excludes halogenated alkanes) is 5. The van der Waals surface area contributed by atoms with Gasteiger partial charge in [0.1, 0.15) is 17.1 Å². The number of hydrogen-bond acceptors (Lipinski definition) is 3. The first-order valence-corrected chi connectivity index (χ1v) is 12.7. The van der Waals surface area contributed by atoms with E-state index in [4.69, 9.17) is 10.2 Å². The first-order chi connectivity index (χ1) is 16.5. The number of allylic oxidation sites excluding steroid dienone is 3. The first kappa shape index (κ1) is 24.0. The van der Waals surface area contributed by atoms with Gasteiger partial charge in [-0.1, -0.05) is 108 Å². The highest BCUT2D eigenvalue weighted by Crippen LogP contribution is 2.40. The van der Waals surface area contributed by atoms with Crippen LogP contribution in [-0.2, 0) is 18.3 Å². The van der Waals surface area contributed by atoms with Crippen LogP contribution in [0, 0.1) is 0 Å². The van der Waals surface area contributed by atoms with E-state index in [9.17, 15) is 5.11 Å². The lowest BCUT2D eigenvalue weighted by Crippen LogP contribution is -2.20. The second-order valence-electron chi connectivity index (χ2n) is 9.83. The van der Waals surface area contributed by atoms with Gasteiger partial charge in [-0.2, -0.15) is 5.10 Å². The van der Waals surface area contributed by atoms with Gasteiger partial charge >= 0.3 is 0 Å². The van der Waals surface area contributed by atoms with E-state index in [1.807, 2.05) is 24.3 Å². The molecule has 0 spiro atoms. The zero-order valence-electron chi connectivity index (χ0n) is 20.8. The Labute approximate surface area is 204 Å². The lowest BCUT2D eigenvalue weighted by atomic mass is 9.76. The van der Waals surface area contributed by atoms with E-state index in [1.54, 1.807) is 4.80 Å². The standard InChI is InChI=1S/C30H37N3O/c1-4-5-6-7-8-11-16-23-21-25(30(2,3)24-17-12-9-13-18-24)29(34)28(22-23)33-31-26-19-14-10-15-20-27(26)32-33/h9-10,12-15,17-19,21-22,34H,4-8,11,16,20H2,1-3H3. The van der Waals surface area contributed by atoms with Crippen molar-refractivity contribution in [1.29, 1.82) is 0 Å². The predicted molar refractivity (Wildman–Crippen MR) is 141 cm³/mol. The van der Waals surface area contributed by atoms with Gasteiger partial charge in [-0.05, 0) is 36.1 Å². The van der Waals surface area contributed by atoms with Crippen LogP contribution in [0.4, 0.5) is 0 Å². The molecule has 0 radical (unpaired) electrons. The smallest absolute Gasteiger partial charge is 0.147 e. The van der Waals surface area contributed by atoms with E-state index in [1.165, 1.54) is 43.2 Å². The number of phenolic OH excluding ortho intramolecular Hbond substituents is 1. The third kappa shape index (κ3) is 5.32. The minimum atomic E-state index is -0.357. The monoisotopic (exact) mass is 455 g/mol. The summed E-state index contributed by atoms with van der Waals surface area (Å²) >= 11 is 0. The molecule has 4 rings (SSSR count). The minimum Gasteiger partial charge on any atom is -0.505 e. The first-order valence-electron chi connectivity index (χ1n) is 12.7. The summed E-state index contributed by atoms with van der Waals surface area (Å²) in [6, 6.07) is 14.7. The third-order valence-corrected chi connectivity index (χ3v) is 6.88. The summed E-state index contributed by atoms with van der Waals surface area (Å²) < 4.78 is 0. The molecule has 1 N–H and O–H groups in total. The van der Waals surface area contributed by atoms with Gasteiger partial charge in [0.05, 0.1) is 5.69 Å². The molecule has 0 saturated carbocycles. The number of aryl methyl sites for hydroxylation is 1. The van der Waals surface area contributed by atoms with Crippen molar-refractivity contribution in [3.63, 3.8) is 0 Å². The van der Waals surface area contributed by atoms with Crippen LogP contribution >= 0.6 is 0 Å². The zero-order chi connectivity index (χ0) is 24.0. The molecule has 0 aliphatic heterocycles. The largest absolute Gasteiger partial charge is 0.505 e. The van der Waals surface area contributed by atoms with Crippen LogP contribution in [0.15, 0.2) is 60.7 Å². The summed E-state index contributed by atoms with van der Waals surface area (Å²) in [5.74, 6) is 0.255. The lowest BCUT2D eigenvalue weighted by molar-refractivity contribution is 0.445. The second kappa shape index (κ2) is 10.9. The zero-order valence-corrected chi connectivity index (χ0v) is 20.8. The molecule has 0 saturated heterocycles. The van der Waals surface area contributed by atoms with Crippen molar-refractivity contribution < 1.29 is 5.11 Å². The molecule has 0 amide bonds. The van der Waals surface area contributed by atoms with Crippen molar-refractivity contribution in [3.8, 4) is 11.4 Å². The second-order valence-corrected chi connectivity index (χ2v) is 9.83. The quantitative estimate of drug-likeness (QED) is 0.326. The van der Waals surface area contributed by atoms with Crippen molar-refractivity contribution in [2.24, 2.45) is 0 Å². The van der Waals surface area contributed by atoms with Gasteiger partial charge in [0, 0.05) is 17.4 Å². The third-order valence-electron chi connectivity index (χ3n) is 6.88. The Kier molecular flexibility index (Phi) is 7.66. The summed E-state index contributed by atoms with van der Waals surface area (Å²) in [7, 11) is 0. The van der Waals surface area contributed by atoms with Gasteiger partial charge in [0.2, 0.25) is 0 Å². The Balaban J connectivity index is 1.71. The van der Waals surface area contributed by atoms with Crippen molar-refractivity contribution in [2.45, 2.75) is 77.6 Å². The number of aromatic nitrogens is 3. The maximum Gasteiger partial charge on any atom is 0.147 e. The topological polar surface area (TPSA) is 50.9 Å². The molecule has 0 unspecified atom stereocenters. The lowest BCUT2D eigenvalue weighted by Gasteiger charge is -2.28. The molecule has 4 heteroatoms. The van der Waals surface area contributed by atoms with Gasteiger partial charge < -0.3 is 5.11 Å². The summed E-state index contributed by atoms with van der Waals surface area (Å²) in [5.41, 5.74) is 5.40. The van der Waals surface area contributed by atoms with Gasteiger partial charge in [-0.25, -0.2) is 0 Å². The minimum absolute atomic E-state index is 0.255. The number of rotatable bonds is 10.